The van der Waals surface area contributed by atoms with Crippen LogP contribution in [0.5, 0.6) is 0 Å². The van der Waals surface area contributed by atoms with Crippen LogP contribution in [0.15, 0.2) is 28.2 Å². The molecule has 2 rings (SSSR count). The highest BCUT2D eigenvalue weighted by atomic mass is 35.5. The smallest absolute Gasteiger partial charge is 0.262 e. The predicted octanol–water partition coefficient (Wildman–Crippen LogP) is 3.06. The van der Waals surface area contributed by atoms with Crippen molar-refractivity contribution in [3.8, 4) is 0 Å². The molecule has 2 aromatic rings. The van der Waals surface area contributed by atoms with E-state index in [9.17, 15) is 9.59 Å². The van der Waals surface area contributed by atoms with Crippen molar-refractivity contribution >= 4 is 40.2 Å². The Kier molecular flexibility index (Phi) is 5.70. The first kappa shape index (κ1) is 17.8. The SMILES string of the molecule is CC(C)CCn1c(SC(C)C(N)=O)nc2cc(Cl)ccc2c1=O. The van der Waals surface area contributed by atoms with E-state index in [4.69, 9.17) is 17.3 Å². The van der Waals surface area contributed by atoms with Crippen LogP contribution >= 0.6 is 23.4 Å². The van der Waals surface area contributed by atoms with Crippen LogP contribution in [-0.4, -0.2) is 20.7 Å². The number of nitrogens with zero attached hydrogens (tertiary/aromatic N) is 2. The third kappa shape index (κ3) is 4.26. The molecule has 1 amide bonds. The molecule has 0 spiro atoms. The summed E-state index contributed by atoms with van der Waals surface area (Å²) in [6.45, 7) is 6.44. The Balaban J connectivity index is 2.57. The number of thioether (sulfide) groups is 1. The molecule has 0 fully saturated rings. The van der Waals surface area contributed by atoms with E-state index in [0.29, 0.717) is 33.5 Å². The molecule has 1 aromatic carbocycles. The molecule has 0 saturated heterocycles. The van der Waals surface area contributed by atoms with Crippen LogP contribution in [0.4, 0.5) is 0 Å². The summed E-state index contributed by atoms with van der Waals surface area (Å²) in [5.41, 5.74) is 5.75. The van der Waals surface area contributed by atoms with E-state index in [1.807, 2.05) is 0 Å². The number of fused-ring (bicyclic) bond motifs is 1. The molecule has 5 nitrogen and oxygen atoms in total. The number of amides is 1. The zero-order valence-electron chi connectivity index (χ0n) is 13.4. The molecule has 0 saturated carbocycles. The zero-order valence-corrected chi connectivity index (χ0v) is 14.9. The van der Waals surface area contributed by atoms with Crippen LogP contribution in [-0.2, 0) is 11.3 Å². The maximum Gasteiger partial charge on any atom is 0.262 e. The van der Waals surface area contributed by atoms with Crippen molar-refractivity contribution in [1.82, 2.24) is 9.55 Å². The number of hydrogen-bond acceptors (Lipinski definition) is 4. The molecule has 0 aliphatic rings. The van der Waals surface area contributed by atoms with E-state index in [0.717, 1.165) is 6.42 Å². The van der Waals surface area contributed by atoms with Gasteiger partial charge in [-0.25, -0.2) is 4.98 Å². The van der Waals surface area contributed by atoms with Crippen molar-refractivity contribution in [2.24, 2.45) is 11.7 Å². The number of rotatable bonds is 6. The standard InChI is InChI=1S/C16H20ClN3O2S/c1-9(2)6-7-20-15(22)12-5-4-11(17)8-13(12)19-16(20)23-10(3)14(18)21/h4-5,8-10H,6-7H2,1-3H3,(H2,18,21). The third-order valence-corrected chi connectivity index (χ3v) is 4.84. The van der Waals surface area contributed by atoms with Crippen molar-refractivity contribution in [1.29, 1.82) is 0 Å². The van der Waals surface area contributed by atoms with Gasteiger partial charge < -0.3 is 5.73 Å². The van der Waals surface area contributed by atoms with Crippen LogP contribution in [0.3, 0.4) is 0 Å². The van der Waals surface area contributed by atoms with Gasteiger partial charge in [0.05, 0.1) is 16.2 Å². The summed E-state index contributed by atoms with van der Waals surface area (Å²) < 4.78 is 1.63. The highest BCUT2D eigenvalue weighted by Gasteiger charge is 2.17. The molecule has 7 heteroatoms. The average molecular weight is 354 g/mol. The van der Waals surface area contributed by atoms with Crippen LogP contribution in [0.2, 0.25) is 5.02 Å². The second kappa shape index (κ2) is 7.36. The first-order chi connectivity index (χ1) is 10.8. The van der Waals surface area contributed by atoms with Gasteiger partial charge >= 0.3 is 0 Å². The molecule has 124 valence electrons. The van der Waals surface area contributed by atoms with Gasteiger partial charge in [0.1, 0.15) is 0 Å². The first-order valence-corrected chi connectivity index (χ1v) is 8.71. The molecule has 0 bridgehead atoms. The fourth-order valence-corrected chi connectivity index (χ4v) is 3.12. The monoisotopic (exact) mass is 353 g/mol. The summed E-state index contributed by atoms with van der Waals surface area (Å²) in [7, 11) is 0. The van der Waals surface area contributed by atoms with Gasteiger partial charge in [0.2, 0.25) is 5.91 Å². The van der Waals surface area contributed by atoms with Crippen molar-refractivity contribution in [2.45, 2.75) is 44.1 Å². The lowest BCUT2D eigenvalue weighted by Gasteiger charge is -2.16. The molecule has 0 radical (unpaired) electrons. The number of nitrogens with two attached hydrogens (primary N) is 1. The van der Waals surface area contributed by atoms with Crippen LogP contribution < -0.4 is 11.3 Å². The van der Waals surface area contributed by atoms with E-state index in [-0.39, 0.29) is 5.56 Å². The average Bonchev–Trinajstić information content (AvgIpc) is 2.46. The lowest BCUT2D eigenvalue weighted by Crippen LogP contribution is -2.27. The van der Waals surface area contributed by atoms with Gasteiger partial charge in [0.25, 0.3) is 5.56 Å². The fourth-order valence-electron chi connectivity index (χ4n) is 2.06. The lowest BCUT2D eigenvalue weighted by atomic mass is 10.1. The summed E-state index contributed by atoms with van der Waals surface area (Å²) in [4.78, 5) is 28.7. The van der Waals surface area contributed by atoms with Crippen molar-refractivity contribution in [3.63, 3.8) is 0 Å². The summed E-state index contributed by atoms with van der Waals surface area (Å²) in [6, 6.07) is 5.02. The van der Waals surface area contributed by atoms with Gasteiger partial charge in [-0.3, -0.25) is 14.2 Å². The second-order valence-corrected chi connectivity index (χ2v) is 7.60. The number of aromatic nitrogens is 2. The number of carbonyl (C=O) groups is 1. The Hall–Kier alpha value is -1.53. The topological polar surface area (TPSA) is 78.0 Å². The normalized spacial score (nSPS) is 12.7. The maximum absolute atomic E-state index is 12.8. The van der Waals surface area contributed by atoms with Gasteiger partial charge in [-0.2, -0.15) is 0 Å². The number of benzene rings is 1. The van der Waals surface area contributed by atoms with E-state index >= 15 is 0 Å². The molecular formula is C16H20ClN3O2S. The largest absolute Gasteiger partial charge is 0.369 e. The molecule has 1 unspecified atom stereocenters. The Bertz CT molecular complexity index is 789. The summed E-state index contributed by atoms with van der Waals surface area (Å²) in [5.74, 6) is 0.0140. The van der Waals surface area contributed by atoms with Crippen molar-refractivity contribution in [2.75, 3.05) is 0 Å². The maximum atomic E-state index is 12.8. The van der Waals surface area contributed by atoms with Crippen molar-refractivity contribution in [3.05, 3.63) is 33.6 Å². The van der Waals surface area contributed by atoms with E-state index < -0.39 is 11.2 Å². The summed E-state index contributed by atoms with van der Waals surface area (Å²) in [5, 5.41) is 1.07. The number of hydrogen-bond donors (Lipinski definition) is 1. The Labute approximate surface area is 144 Å². The highest BCUT2D eigenvalue weighted by Crippen LogP contribution is 2.24. The molecule has 23 heavy (non-hydrogen) atoms. The number of halogens is 1. The molecular weight excluding hydrogens is 334 g/mol. The highest BCUT2D eigenvalue weighted by molar-refractivity contribution is 8.00. The van der Waals surface area contributed by atoms with Crippen LogP contribution in [0.25, 0.3) is 10.9 Å². The van der Waals surface area contributed by atoms with E-state index in [1.165, 1.54) is 11.8 Å². The van der Waals surface area contributed by atoms with Crippen molar-refractivity contribution < 1.29 is 4.79 Å². The predicted molar refractivity (Wildman–Crippen MR) is 95.0 cm³/mol. The second-order valence-electron chi connectivity index (χ2n) is 5.86. The zero-order chi connectivity index (χ0) is 17.1. The first-order valence-electron chi connectivity index (χ1n) is 7.45. The molecule has 0 aliphatic heterocycles. The minimum absolute atomic E-state index is 0.119. The Morgan fingerprint density at radius 3 is 2.70 bits per heavy atom. The van der Waals surface area contributed by atoms with E-state index in [1.54, 1.807) is 29.7 Å². The minimum atomic E-state index is -0.469. The molecule has 1 heterocycles. The fraction of sp³-hybridized carbons (Fsp3) is 0.438. The summed E-state index contributed by atoms with van der Waals surface area (Å²) in [6.07, 6.45) is 0.846. The quantitative estimate of drug-likeness (QED) is 0.639. The minimum Gasteiger partial charge on any atom is -0.369 e. The number of carbonyl (C=O) groups excluding carboxylic acids is 1. The van der Waals surface area contributed by atoms with E-state index in [2.05, 4.69) is 18.8 Å². The van der Waals surface area contributed by atoms with Gasteiger partial charge in [0, 0.05) is 11.6 Å². The third-order valence-electron chi connectivity index (χ3n) is 3.50. The van der Waals surface area contributed by atoms with Crippen LogP contribution in [0, 0.1) is 5.92 Å². The Morgan fingerprint density at radius 1 is 1.39 bits per heavy atom. The Morgan fingerprint density at radius 2 is 2.09 bits per heavy atom. The molecule has 1 atom stereocenters. The lowest BCUT2D eigenvalue weighted by molar-refractivity contribution is -0.117. The van der Waals surface area contributed by atoms with Crippen LogP contribution in [0.1, 0.15) is 27.2 Å². The molecule has 2 N–H and O–H groups in total. The number of primary amides is 1. The summed E-state index contributed by atoms with van der Waals surface area (Å²) >= 11 is 7.19. The molecule has 0 aliphatic carbocycles. The molecule has 1 aromatic heterocycles. The van der Waals surface area contributed by atoms with Gasteiger partial charge in [-0.15, -0.1) is 0 Å². The van der Waals surface area contributed by atoms with Gasteiger partial charge in [-0.05, 0) is 37.5 Å². The van der Waals surface area contributed by atoms with Gasteiger partial charge in [0.15, 0.2) is 5.16 Å². The van der Waals surface area contributed by atoms with Gasteiger partial charge in [-0.1, -0.05) is 37.2 Å².